The van der Waals surface area contributed by atoms with E-state index in [9.17, 15) is 9.50 Å². The molecule has 1 aromatic carbocycles. The molecule has 1 saturated carbocycles. The summed E-state index contributed by atoms with van der Waals surface area (Å²) in [7, 11) is 0. The van der Waals surface area contributed by atoms with Crippen LogP contribution in [0.2, 0.25) is 0 Å². The monoisotopic (exact) mass is 343 g/mol. The summed E-state index contributed by atoms with van der Waals surface area (Å²) in [5, 5.41) is 18.3. The summed E-state index contributed by atoms with van der Waals surface area (Å²) in [4.78, 5) is 2.38. The third-order valence-electron chi connectivity index (χ3n) is 6.25. The Morgan fingerprint density at radius 2 is 2.24 bits per heavy atom. The van der Waals surface area contributed by atoms with Crippen LogP contribution >= 0.6 is 0 Å². The zero-order valence-electron chi connectivity index (χ0n) is 14.7. The molecule has 4 rings (SSSR count). The lowest BCUT2D eigenvalue weighted by molar-refractivity contribution is -0.128. The molecular weight excluding hydrogens is 317 g/mol. The van der Waals surface area contributed by atoms with Crippen LogP contribution in [0, 0.1) is 17.7 Å². The van der Waals surface area contributed by atoms with Gasteiger partial charge in [-0.1, -0.05) is 25.5 Å². The number of rotatable bonds is 4. The van der Waals surface area contributed by atoms with Crippen molar-refractivity contribution < 1.29 is 9.50 Å². The van der Waals surface area contributed by atoms with Gasteiger partial charge in [0.2, 0.25) is 0 Å². The molecule has 0 spiro atoms. The van der Waals surface area contributed by atoms with E-state index in [0.717, 1.165) is 42.9 Å². The van der Waals surface area contributed by atoms with Crippen molar-refractivity contribution in [2.75, 3.05) is 13.1 Å². The van der Waals surface area contributed by atoms with E-state index >= 15 is 0 Å². The van der Waals surface area contributed by atoms with Gasteiger partial charge in [0.25, 0.3) is 0 Å². The first-order chi connectivity index (χ1) is 12.1. The normalized spacial score (nSPS) is 28.0. The number of aromatic amines is 1. The summed E-state index contributed by atoms with van der Waals surface area (Å²) >= 11 is 0. The Morgan fingerprint density at radius 1 is 1.40 bits per heavy atom. The molecule has 4 nitrogen and oxygen atoms in total. The van der Waals surface area contributed by atoms with Gasteiger partial charge in [0.05, 0.1) is 17.5 Å². The molecule has 0 amide bonds. The second-order valence-electron chi connectivity index (χ2n) is 7.79. The summed E-state index contributed by atoms with van der Waals surface area (Å²) in [5.41, 5.74) is 2.29. The molecule has 1 aliphatic carbocycles. The van der Waals surface area contributed by atoms with E-state index in [2.05, 4.69) is 22.0 Å². The number of nitrogens with one attached hydrogen (secondary N) is 1. The Labute approximate surface area is 148 Å². The van der Waals surface area contributed by atoms with Gasteiger partial charge in [-0.2, -0.15) is 5.10 Å². The predicted molar refractivity (Wildman–Crippen MR) is 95.3 cm³/mol. The largest absolute Gasteiger partial charge is 0.389 e. The van der Waals surface area contributed by atoms with Crippen molar-refractivity contribution in [2.24, 2.45) is 11.8 Å². The number of aromatic nitrogens is 2. The van der Waals surface area contributed by atoms with Crippen molar-refractivity contribution in [1.82, 2.24) is 15.1 Å². The van der Waals surface area contributed by atoms with Crippen LogP contribution in [0.15, 0.2) is 30.5 Å². The lowest BCUT2D eigenvalue weighted by atomic mass is 9.65. The second kappa shape index (κ2) is 6.54. The molecule has 2 aromatic rings. The zero-order chi connectivity index (χ0) is 17.4. The van der Waals surface area contributed by atoms with Gasteiger partial charge in [-0.15, -0.1) is 0 Å². The van der Waals surface area contributed by atoms with Crippen LogP contribution in [0.25, 0.3) is 11.3 Å². The summed E-state index contributed by atoms with van der Waals surface area (Å²) < 4.78 is 13.5. The fraction of sp³-hybridized carbons (Fsp3) is 0.550. The molecule has 1 aromatic heterocycles. The molecule has 25 heavy (non-hydrogen) atoms. The maximum Gasteiger partial charge on any atom is 0.123 e. The zero-order valence-corrected chi connectivity index (χ0v) is 14.7. The number of aliphatic hydroxyl groups is 1. The van der Waals surface area contributed by atoms with Crippen molar-refractivity contribution in [2.45, 2.75) is 44.8 Å². The van der Waals surface area contributed by atoms with E-state index in [0.29, 0.717) is 5.92 Å². The Kier molecular flexibility index (Phi) is 4.38. The summed E-state index contributed by atoms with van der Waals surface area (Å²) in [6.07, 6.45) is 6.28. The van der Waals surface area contributed by atoms with Crippen molar-refractivity contribution in [3.63, 3.8) is 0 Å². The topological polar surface area (TPSA) is 52.2 Å². The van der Waals surface area contributed by atoms with E-state index < -0.39 is 5.60 Å². The number of piperidine rings is 1. The van der Waals surface area contributed by atoms with Gasteiger partial charge < -0.3 is 5.11 Å². The van der Waals surface area contributed by atoms with Gasteiger partial charge in [0.15, 0.2) is 0 Å². The smallest absolute Gasteiger partial charge is 0.123 e. The van der Waals surface area contributed by atoms with Crippen molar-refractivity contribution in [3.05, 3.63) is 41.8 Å². The molecule has 0 bridgehead atoms. The van der Waals surface area contributed by atoms with Gasteiger partial charge in [-0.3, -0.25) is 10.00 Å². The molecule has 1 aliphatic heterocycles. The fourth-order valence-electron chi connectivity index (χ4n) is 4.44. The number of halogens is 1. The van der Waals surface area contributed by atoms with E-state index in [-0.39, 0.29) is 11.7 Å². The van der Waals surface area contributed by atoms with Crippen LogP contribution in [0.3, 0.4) is 0 Å². The fourth-order valence-corrected chi connectivity index (χ4v) is 4.44. The van der Waals surface area contributed by atoms with Crippen LogP contribution in [-0.4, -0.2) is 38.9 Å². The maximum atomic E-state index is 13.5. The first-order valence-corrected chi connectivity index (χ1v) is 9.29. The Hall–Kier alpha value is -1.72. The van der Waals surface area contributed by atoms with Crippen LogP contribution in [0.1, 0.15) is 38.2 Å². The van der Waals surface area contributed by atoms with Crippen LogP contribution in [0.4, 0.5) is 4.39 Å². The highest BCUT2D eigenvalue weighted by atomic mass is 19.1. The van der Waals surface area contributed by atoms with Crippen LogP contribution in [-0.2, 0) is 6.54 Å². The molecule has 0 unspecified atom stereocenters. The van der Waals surface area contributed by atoms with Crippen LogP contribution < -0.4 is 0 Å². The number of benzene rings is 1. The first kappa shape index (κ1) is 16.7. The minimum Gasteiger partial charge on any atom is -0.389 e. The third-order valence-corrected chi connectivity index (χ3v) is 6.25. The average molecular weight is 343 g/mol. The molecular formula is C20H26FN3O. The highest BCUT2D eigenvalue weighted by Crippen LogP contribution is 2.44. The van der Waals surface area contributed by atoms with Gasteiger partial charge in [-0.25, -0.2) is 4.39 Å². The SMILES string of the molecule is C[C@@H]1CN(Cc2cn[nH]c2-c2cccc(F)c2)CC[C@@]1(O)C1CCC1. The van der Waals surface area contributed by atoms with Gasteiger partial charge >= 0.3 is 0 Å². The van der Waals surface area contributed by atoms with Gasteiger partial charge in [0, 0.05) is 30.8 Å². The molecule has 2 heterocycles. The minimum atomic E-state index is -0.490. The maximum absolute atomic E-state index is 13.5. The lowest BCUT2D eigenvalue weighted by Gasteiger charge is -2.50. The molecule has 134 valence electrons. The summed E-state index contributed by atoms with van der Waals surface area (Å²) in [5.74, 6) is 0.521. The third kappa shape index (κ3) is 3.11. The molecule has 2 fully saturated rings. The number of H-pyrrole nitrogens is 1. The molecule has 0 radical (unpaired) electrons. The van der Waals surface area contributed by atoms with Crippen molar-refractivity contribution in [3.8, 4) is 11.3 Å². The highest BCUT2D eigenvalue weighted by Gasteiger charge is 2.46. The molecule has 2 aliphatic rings. The molecule has 2 atom stereocenters. The average Bonchev–Trinajstić information content (AvgIpc) is 2.98. The van der Waals surface area contributed by atoms with Crippen LogP contribution in [0.5, 0.6) is 0 Å². The van der Waals surface area contributed by atoms with Crippen molar-refractivity contribution in [1.29, 1.82) is 0 Å². The van der Waals surface area contributed by atoms with E-state index in [4.69, 9.17) is 0 Å². The molecule has 2 N–H and O–H groups in total. The number of nitrogens with zero attached hydrogens (tertiary/aromatic N) is 2. The van der Waals surface area contributed by atoms with Crippen molar-refractivity contribution >= 4 is 0 Å². The quantitative estimate of drug-likeness (QED) is 0.892. The van der Waals surface area contributed by atoms with Gasteiger partial charge in [0.1, 0.15) is 5.82 Å². The Bertz CT molecular complexity index is 742. The predicted octanol–water partition coefficient (Wildman–Crippen LogP) is 3.59. The van der Waals surface area contributed by atoms with E-state index in [1.54, 1.807) is 6.07 Å². The summed E-state index contributed by atoms with van der Waals surface area (Å²) in [6.45, 7) is 4.73. The lowest BCUT2D eigenvalue weighted by Crippen LogP contribution is -2.56. The number of hydrogen-bond donors (Lipinski definition) is 2. The standard InChI is InChI=1S/C20H26FN3O/c1-14-12-24(9-8-20(14,25)17-5-3-6-17)13-16-11-22-23-19(16)15-4-2-7-18(21)10-15/h2,4,7,10-11,14,17,25H,3,5-6,8-9,12-13H2,1H3,(H,22,23)/t14-,20+/m1/s1. The second-order valence-corrected chi connectivity index (χ2v) is 7.79. The highest BCUT2D eigenvalue weighted by molar-refractivity contribution is 5.62. The first-order valence-electron chi connectivity index (χ1n) is 9.29. The van der Waals surface area contributed by atoms with E-state index in [1.165, 1.54) is 31.4 Å². The molecule has 5 heteroatoms. The van der Waals surface area contributed by atoms with Gasteiger partial charge in [-0.05, 0) is 43.2 Å². The number of hydrogen-bond acceptors (Lipinski definition) is 3. The Morgan fingerprint density at radius 3 is 2.92 bits per heavy atom. The minimum absolute atomic E-state index is 0.241. The van der Waals surface area contributed by atoms with E-state index in [1.807, 2.05) is 12.3 Å². The Balaban J connectivity index is 1.46. The number of likely N-dealkylation sites (tertiary alicyclic amines) is 1. The molecule has 1 saturated heterocycles. The summed E-state index contributed by atoms with van der Waals surface area (Å²) in [6, 6.07) is 6.60.